The van der Waals surface area contributed by atoms with Crippen LogP contribution in [0.3, 0.4) is 0 Å². The van der Waals surface area contributed by atoms with Crippen LogP contribution in [0.2, 0.25) is 0 Å². The van der Waals surface area contributed by atoms with Crippen molar-refractivity contribution in [2.45, 2.75) is 31.5 Å². The summed E-state index contributed by atoms with van der Waals surface area (Å²) in [6.07, 6.45) is 7.19. The molecule has 1 aliphatic rings. The number of aliphatic imine (C=N–C) groups is 1. The van der Waals surface area contributed by atoms with Gasteiger partial charge in [-0.25, -0.2) is 9.37 Å². The Bertz CT molecular complexity index is 1290. The Balaban J connectivity index is 1.64. The van der Waals surface area contributed by atoms with Crippen molar-refractivity contribution in [3.8, 4) is 5.75 Å². The van der Waals surface area contributed by atoms with E-state index in [4.69, 9.17) is 10.5 Å². The maximum atomic E-state index is 16.1. The summed E-state index contributed by atoms with van der Waals surface area (Å²) in [5, 5.41) is 2.89. The highest BCUT2D eigenvalue weighted by Crippen LogP contribution is 2.42. The molecular weight excluding hydrogens is 461 g/mol. The first-order valence-corrected chi connectivity index (χ1v) is 11.8. The normalized spacial score (nSPS) is 17.7. The van der Waals surface area contributed by atoms with E-state index in [2.05, 4.69) is 25.2 Å². The first-order chi connectivity index (χ1) is 17.3. The second-order valence-corrected chi connectivity index (χ2v) is 9.05. The molecule has 0 spiro atoms. The molecule has 1 saturated heterocycles. The van der Waals surface area contributed by atoms with E-state index in [1.165, 1.54) is 20.2 Å². The molecule has 0 bridgehead atoms. The summed E-state index contributed by atoms with van der Waals surface area (Å²) in [4.78, 5) is 27.8. The lowest BCUT2D eigenvalue weighted by molar-refractivity contribution is -0.115. The number of piperidine rings is 1. The van der Waals surface area contributed by atoms with Gasteiger partial charge in [0, 0.05) is 44.2 Å². The van der Waals surface area contributed by atoms with Gasteiger partial charge in [-0.1, -0.05) is 6.07 Å². The Labute approximate surface area is 209 Å². The van der Waals surface area contributed by atoms with Crippen LogP contribution in [0.4, 0.5) is 4.39 Å². The van der Waals surface area contributed by atoms with Crippen molar-refractivity contribution >= 4 is 23.0 Å². The zero-order valence-electron chi connectivity index (χ0n) is 21.0. The summed E-state index contributed by atoms with van der Waals surface area (Å²) in [5.74, 6) is 0.0665. The number of fused-ring (bicyclic) bond motifs is 1. The van der Waals surface area contributed by atoms with Crippen LogP contribution < -0.4 is 15.8 Å². The Morgan fingerprint density at radius 3 is 2.72 bits per heavy atom. The summed E-state index contributed by atoms with van der Waals surface area (Å²) in [6, 6.07) is 6.91. The number of hydrogen-bond donors (Lipinski definition) is 2. The lowest BCUT2D eigenvalue weighted by Gasteiger charge is -2.35. The number of amides is 1. The molecule has 4 heterocycles. The van der Waals surface area contributed by atoms with Crippen LogP contribution in [-0.2, 0) is 10.5 Å². The standard InChI is InChI=1S/C26H32FN7O2/c1-17(20-7-5-6-10-30-20)32-25(35)21(29-2)13-19(28)22-15-31-24-14-23(36-4)18(16-34(22)24)26(27)8-11-33(3)12-9-26/h5-7,10,13-17H,8-9,11-12,28H2,1-4H3,(H,32,35)/b19-13-,29-21?/t17-/m1/s1. The monoisotopic (exact) mass is 493 g/mol. The molecule has 3 aromatic heterocycles. The molecule has 1 fully saturated rings. The number of nitrogens with one attached hydrogen (secondary N) is 1. The highest BCUT2D eigenvalue weighted by Gasteiger charge is 2.38. The number of methoxy groups -OCH3 is 1. The van der Waals surface area contributed by atoms with E-state index in [0.717, 1.165) is 5.69 Å². The third kappa shape index (κ3) is 5.08. The number of imidazole rings is 1. The van der Waals surface area contributed by atoms with Crippen molar-refractivity contribution in [1.29, 1.82) is 0 Å². The van der Waals surface area contributed by atoms with Crippen LogP contribution in [0.15, 0.2) is 53.9 Å². The molecule has 0 saturated carbocycles. The number of ether oxygens (including phenoxy) is 1. The van der Waals surface area contributed by atoms with Gasteiger partial charge in [-0.15, -0.1) is 0 Å². The Morgan fingerprint density at radius 1 is 1.33 bits per heavy atom. The van der Waals surface area contributed by atoms with E-state index in [0.29, 0.717) is 48.6 Å². The molecule has 1 aliphatic heterocycles. The molecule has 0 aromatic carbocycles. The number of aromatic nitrogens is 3. The molecular formula is C26H32FN7O2. The maximum absolute atomic E-state index is 16.1. The van der Waals surface area contributed by atoms with Gasteiger partial charge in [0.15, 0.2) is 0 Å². The van der Waals surface area contributed by atoms with Gasteiger partial charge < -0.3 is 20.7 Å². The number of halogens is 1. The van der Waals surface area contributed by atoms with Crippen LogP contribution in [0.5, 0.6) is 5.75 Å². The number of pyridine rings is 2. The summed E-state index contributed by atoms with van der Waals surface area (Å²) in [6.45, 7) is 3.15. The zero-order chi connectivity index (χ0) is 25.9. The van der Waals surface area contributed by atoms with Crippen molar-refractivity contribution < 1.29 is 13.9 Å². The van der Waals surface area contributed by atoms with Gasteiger partial charge in [0.2, 0.25) is 0 Å². The molecule has 3 N–H and O–H groups in total. The molecule has 190 valence electrons. The van der Waals surface area contributed by atoms with Crippen LogP contribution in [0.1, 0.15) is 42.8 Å². The average Bonchev–Trinajstić information content (AvgIpc) is 3.31. The number of rotatable bonds is 7. The molecule has 0 aliphatic carbocycles. The topological polar surface area (TPSA) is 110 Å². The summed E-state index contributed by atoms with van der Waals surface area (Å²) in [7, 11) is 5.04. The van der Waals surface area contributed by atoms with Gasteiger partial charge in [-0.3, -0.25) is 19.2 Å². The Morgan fingerprint density at radius 2 is 2.08 bits per heavy atom. The van der Waals surface area contributed by atoms with E-state index in [-0.39, 0.29) is 23.4 Å². The predicted molar refractivity (Wildman–Crippen MR) is 138 cm³/mol. The van der Waals surface area contributed by atoms with Crippen LogP contribution in [0.25, 0.3) is 11.3 Å². The fourth-order valence-electron chi connectivity index (χ4n) is 4.40. The summed E-state index contributed by atoms with van der Waals surface area (Å²) < 4.78 is 23.3. The molecule has 4 rings (SSSR count). The molecule has 9 nitrogen and oxygen atoms in total. The first kappa shape index (κ1) is 25.3. The quantitative estimate of drug-likeness (QED) is 0.490. The summed E-state index contributed by atoms with van der Waals surface area (Å²) in [5.41, 5.74) is 7.58. The molecule has 1 amide bonds. The average molecular weight is 494 g/mol. The highest BCUT2D eigenvalue weighted by molar-refractivity contribution is 6.44. The number of carbonyl (C=O) groups is 1. The molecule has 0 unspecified atom stereocenters. The number of nitrogens with zero attached hydrogens (tertiary/aromatic N) is 5. The Kier molecular flexibility index (Phi) is 7.35. The van der Waals surface area contributed by atoms with Gasteiger partial charge in [0.1, 0.15) is 22.8 Å². The third-order valence-corrected chi connectivity index (χ3v) is 6.63. The lowest BCUT2D eigenvalue weighted by Crippen LogP contribution is -2.38. The van der Waals surface area contributed by atoms with Gasteiger partial charge >= 0.3 is 0 Å². The van der Waals surface area contributed by atoms with E-state index in [9.17, 15) is 4.79 Å². The predicted octanol–water partition coefficient (Wildman–Crippen LogP) is 2.88. The molecule has 1 atom stereocenters. The minimum Gasteiger partial charge on any atom is -0.496 e. The minimum absolute atomic E-state index is 0.149. The van der Waals surface area contributed by atoms with Gasteiger partial charge in [-0.05, 0) is 45.0 Å². The highest BCUT2D eigenvalue weighted by atomic mass is 19.1. The van der Waals surface area contributed by atoms with Crippen LogP contribution in [0, 0.1) is 0 Å². The molecule has 36 heavy (non-hydrogen) atoms. The number of likely N-dealkylation sites (tertiary alicyclic amines) is 1. The first-order valence-electron chi connectivity index (χ1n) is 11.8. The van der Waals surface area contributed by atoms with E-state index < -0.39 is 5.67 Å². The van der Waals surface area contributed by atoms with Crippen molar-refractivity contribution in [3.05, 3.63) is 65.9 Å². The number of carbonyl (C=O) groups excluding carboxylic acids is 1. The van der Waals surface area contributed by atoms with Crippen molar-refractivity contribution in [1.82, 2.24) is 24.6 Å². The van der Waals surface area contributed by atoms with Crippen molar-refractivity contribution in [2.75, 3.05) is 34.3 Å². The van der Waals surface area contributed by atoms with Crippen LogP contribution >= 0.6 is 0 Å². The van der Waals surface area contributed by atoms with Crippen molar-refractivity contribution in [3.63, 3.8) is 0 Å². The largest absolute Gasteiger partial charge is 0.496 e. The number of nitrogens with two attached hydrogens (primary N) is 1. The van der Waals surface area contributed by atoms with Crippen molar-refractivity contribution in [2.24, 2.45) is 10.7 Å². The third-order valence-electron chi connectivity index (χ3n) is 6.63. The van der Waals surface area contributed by atoms with Crippen LogP contribution in [-0.4, -0.2) is 65.2 Å². The number of hydrogen-bond acceptors (Lipinski definition) is 7. The maximum Gasteiger partial charge on any atom is 0.270 e. The van der Waals surface area contributed by atoms with E-state index in [1.807, 2.05) is 32.2 Å². The lowest BCUT2D eigenvalue weighted by atomic mass is 9.86. The second kappa shape index (κ2) is 10.4. The fraction of sp³-hybridized carbons (Fsp3) is 0.385. The zero-order valence-corrected chi connectivity index (χ0v) is 21.0. The molecule has 0 radical (unpaired) electrons. The number of alkyl halides is 1. The minimum atomic E-state index is -1.52. The van der Waals surface area contributed by atoms with Gasteiger partial charge in [0.25, 0.3) is 5.91 Å². The van der Waals surface area contributed by atoms with E-state index >= 15 is 4.39 Å². The molecule has 10 heteroatoms. The smallest absolute Gasteiger partial charge is 0.270 e. The van der Waals surface area contributed by atoms with E-state index in [1.54, 1.807) is 29.1 Å². The Hall–Kier alpha value is -3.79. The SMILES string of the molecule is CN=C(/C=C(\N)c1cnc2cc(OC)c(C3(F)CCN(C)CC3)cn12)C(=O)N[C@H](C)c1ccccn1. The summed E-state index contributed by atoms with van der Waals surface area (Å²) >= 11 is 0. The van der Waals surface area contributed by atoms with Gasteiger partial charge in [0.05, 0.1) is 36.4 Å². The second-order valence-electron chi connectivity index (χ2n) is 9.05. The molecule has 3 aromatic rings. The fourth-order valence-corrected chi connectivity index (χ4v) is 4.40. The van der Waals surface area contributed by atoms with Gasteiger partial charge in [-0.2, -0.15) is 0 Å².